The highest BCUT2D eigenvalue weighted by atomic mass is 16.5. The van der Waals surface area contributed by atoms with E-state index in [4.69, 9.17) is 4.74 Å². The van der Waals surface area contributed by atoms with Crippen molar-refractivity contribution in [3.63, 3.8) is 0 Å². The van der Waals surface area contributed by atoms with Gasteiger partial charge in [-0.15, -0.1) is 0 Å². The van der Waals surface area contributed by atoms with E-state index in [-0.39, 0.29) is 5.60 Å². The predicted octanol–water partition coefficient (Wildman–Crippen LogP) is 3.34. The van der Waals surface area contributed by atoms with Crippen LogP contribution in [-0.2, 0) is 4.74 Å². The number of para-hydroxylation sites is 1. The van der Waals surface area contributed by atoms with Crippen LogP contribution in [0.2, 0.25) is 0 Å². The lowest BCUT2D eigenvalue weighted by atomic mass is 10.0. The third-order valence-electron chi connectivity index (χ3n) is 3.63. The van der Waals surface area contributed by atoms with E-state index in [0.29, 0.717) is 6.04 Å². The Morgan fingerprint density at radius 1 is 1.37 bits per heavy atom. The smallest absolute Gasteiger partial charge is 0.0750 e. The maximum Gasteiger partial charge on any atom is 0.0750 e. The number of fused-ring (bicyclic) bond motifs is 1. The van der Waals surface area contributed by atoms with Crippen molar-refractivity contribution in [2.75, 3.05) is 25.0 Å². The molecule has 0 unspecified atom stereocenters. The first kappa shape index (κ1) is 14.4. The molecule has 0 radical (unpaired) electrons. The molecule has 0 saturated carbocycles. The highest BCUT2D eigenvalue weighted by Crippen LogP contribution is 2.29. The van der Waals surface area contributed by atoms with Crippen LogP contribution in [0.4, 0.5) is 5.69 Å². The molecule has 2 N–H and O–H groups in total. The molecule has 1 aliphatic heterocycles. The van der Waals surface area contributed by atoms with Gasteiger partial charge in [-0.05, 0) is 45.2 Å². The average Bonchev–Trinajstić information content (AvgIpc) is 2.58. The fraction of sp³-hybridized carbons (Fsp3) is 0.625. The monoisotopic (exact) mass is 262 g/mol. The molecule has 2 rings (SSSR count). The molecule has 0 amide bonds. The normalized spacial score (nSPS) is 19.4. The molecule has 0 fully saturated rings. The van der Waals surface area contributed by atoms with Crippen molar-refractivity contribution >= 4 is 5.69 Å². The van der Waals surface area contributed by atoms with Gasteiger partial charge in [0.15, 0.2) is 0 Å². The van der Waals surface area contributed by atoms with Gasteiger partial charge in [0, 0.05) is 31.4 Å². The Labute approximate surface area is 116 Å². The Morgan fingerprint density at radius 3 is 2.95 bits per heavy atom. The van der Waals surface area contributed by atoms with E-state index in [9.17, 15) is 0 Å². The summed E-state index contributed by atoms with van der Waals surface area (Å²) >= 11 is 0. The van der Waals surface area contributed by atoms with Crippen molar-refractivity contribution in [2.24, 2.45) is 0 Å². The van der Waals surface area contributed by atoms with Gasteiger partial charge in [-0.2, -0.15) is 0 Å². The summed E-state index contributed by atoms with van der Waals surface area (Å²) in [4.78, 5) is 0. The second kappa shape index (κ2) is 6.40. The number of hydrogen-bond acceptors (Lipinski definition) is 3. The molecule has 3 nitrogen and oxygen atoms in total. The van der Waals surface area contributed by atoms with Crippen LogP contribution in [0, 0.1) is 0 Å². The van der Waals surface area contributed by atoms with Crippen LogP contribution >= 0.6 is 0 Å². The van der Waals surface area contributed by atoms with Gasteiger partial charge in [0.1, 0.15) is 0 Å². The lowest BCUT2D eigenvalue weighted by Gasteiger charge is -2.28. The Morgan fingerprint density at radius 2 is 2.16 bits per heavy atom. The van der Waals surface area contributed by atoms with Crippen LogP contribution in [-0.4, -0.2) is 25.3 Å². The molecule has 0 aromatic heterocycles. The first-order valence-corrected chi connectivity index (χ1v) is 7.32. The molecule has 1 aromatic carbocycles. The van der Waals surface area contributed by atoms with E-state index in [1.165, 1.54) is 24.1 Å². The number of ether oxygens (including phenoxy) is 1. The van der Waals surface area contributed by atoms with Crippen molar-refractivity contribution in [2.45, 2.75) is 45.3 Å². The first-order chi connectivity index (χ1) is 9.12. The van der Waals surface area contributed by atoms with E-state index < -0.39 is 0 Å². The second-order valence-electron chi connectivity index (χ2n) is 5.78. The molecule has 1 aromatic rings. The second-order valence-corrected chi connectivity index (χ2v) is 5.78. The van der Waals surface area contributed by atoms with Crippen LogP contribution in [0.15, 0.2) is 24.3 Å². The van der Waals surface area contributed by atoms with Gasteiger partial charge in [-0.3, -0.25) is 0 Å². The number of anilines is 1. The molecule has 0 spiro atoms. The van der Waals surface area contributed by atoms with Crippen LogP contribution < -0.4 is 10.6 Å². The third kappa shape index (κ3) is 3.95. The zero-order chi connectivity index (χ0) is 13.7. The van der Waals surface area contributed by atoms with Gasteiger partial charge in [0.05, 0.1) is 5.60 Å². The summed E-state index contributed by atoms with van der Waals surface area (Å²) in [6.07, 6.45) is 2.37. The summed E-state index contributed by atoms with van der Waals surface area (Å²) in [6.45, 7) is 9.03. The molecular formula is C16H26N2O. The molecule has 106 valence electrons. The van der Waals surface area contributed by atoms with Crippen molar-refractivity contribution in [1.82, 2.24) is 5.32 Å². The molecule has 3 heteroatoms. The fourth-order valence-electron chi connectivity index (χ4n) is 2.67. The quantitative estimate of drug-likeness (QED) is 0.854. The van der Waals surface area contributed by atoms with E-state index in [0.717, 1.165) is 19.7 Å². The zero-order valence-corrected chi connectivity index (χ0v) is 12.3. The van der Waals surface area contributed by atoms with Crippen LogP contribution in [0.3, 0.4) is 0 Å². The SMILES string of the molecule is CCOC(C)(C)CN[C@H]1CCCNc2ccccc21. The van der Waals surface area contributed by atoms with Gasteiger partial charge in [0.25, 0.3) is 0 Å². The van der Waals surface area contributed by atoms with Crippen molar-refractivity contribution in [3.8, 4) is 0 Å². The van der Waals surface area contributed by atoms with Crippen molar-refractivity contribution in [1.29, 1.82) is 0 Å². The number of nitrogens with one attached hydrogen (secondary N) is 2. The molecule has 0 aliphatic carbocycles. The standard InChI is InChI=1S/C16H26N2O/c1-4-19-16(2,3)12-18-15-10-7-11-17-14-9-6-5-8-13(14)15/h5-6,8-9,15,17-18H,4,7,10-12H2,1-3H3/t15-/m0/s1. The molecule has 0 bridgehead atoms. The van der Waals surface area contributed by atoms with Gasteiger partial charge in [-0.1, -0.05) is 18.2 Å². The minimum atomic E-state index is -0.108. The number of benzene rings is 1. The number of hydrogen-bond donors (Lipinski definition) is 2. The molecule has 1 heterocycles. The summed E-state index contributed by atoms with van der Waals surface area (Å²) in [6, 6.07) is 9.03. The number of rotatable bonds is 5. The zero-order valence-electron chi connectivity index (χ0n) is 12.3. The molecule has 1 aliphatic rings. The fourth-order valence-corrected chi connectivity index (χ4v) is 2.67. The predicted molar refractivity (Wildman–Crippen MR) is 80.6 cm³/mol. The largest absolute Gasteiger partial charge is 0.385 e. The molecule has 0 saturated heterocycles. The van der Waals surface area contributed by atoms with Gasteiger partial charge >= 0.3 is 0 Å². The van der Waals surface area contributed by atoms with Crippen molar-refractivity contribution in [3.05, 3.63) is 29.8 Å². The average molecular weight is 262 g/mol. The van der Waals surface area contributed by atoms with E-state index in [1.54, 1.807) is 0 Å². The Hall–Kier alpha value is -1.06. The molecule has 1 atom stereocenters. The summed E-state index contributed by atoms with van der Waals surface area (Å²) < 4.78 is 5.76. The Bertz CT molecular complexity index is 403. The van der Waals surface area contributed by atoms with E-state index >= 15 is 0 Å². The van der Waals surface area contributed by atoms with Gasteiger partial charge in [0.2, 0.25) is 0 Å². The van der Waals surface area contributed by atoms with Crippen molar-refractivity contribution < 1.29 is 4.74 Å². The van der Waals surface area contributed by atoms with E-state index in [1.807, 2.05) is 6.92 Å². The maximum atomic E-state index is 5.76. The summed E-state index contributed by atoms with van der Waals surface area (Å²) in [5, 5.41) is 7.18. The Kier molecular flexibility index (Phi) is 4.83. The Balaban J connectivity index is 2.04. The molecular weight excluding hydrogens is 236 g/mol. The summed E-state index contributed by atoms with van der Waals surface area (Å²) in [5.41, 5.74) is 2.54. The minimum absolute atomic E-state index is 0.108. The van der Waals surface area contributed by atoms with Crippen LogP contribution in [0.5, 0.6) is 0 Å². The lowest BCUT2D eigenvalue weighted by molar-refractivity contribution is -0.0108. The highest BCUT2D eigenvalue weighted by molar-refractivity contribution is 5.53. The van der Waals surface area contributed by atoms with Crippen LogP contribution in [0.25, 0.3) is 0 Å². The third-order valence-corrected chi connectivity index (χ3v) is 3.63. The lowest BCUT2D eigenvalue weighted by Crippen LogP contribution is -2.39. The topological polar surface area (TPSA) is 33.3 Å². The summed E-state index contributed by atoms with van der Waals surface area (Å²) in [7, 11) is 0. The van der Waals surface area contributed by atoms with Gasteiger partial charge in [-0.25, -0.2) is 0 Å². The highest BCUT2D eigenvalue weighted by Gasteiger charge is 2.22. The minimum Gasteiger partial charge on any atom is -0.385 e. The molecule has 19 heavy (non-hydrogen) atoms. The summed E-state index contributed by atoms with van der Waals surface area (Å²) in [5.74, 6) is 0. The van der Waals surface area contributed by atoms with Gasteiger partial charge < -0.3 is 15.4 Å². The first-order valence-electron chi connectivity index (χ1n) is 7.32. The maximum absolute atomic E-state index is 5.76. The van der Waals surface area contributed by atoms with Crippen LogP contribution in [0.1, 0.15) is 45.2 Å². The van der Waals surface area contributed by atoms with E-state index in [2.05, 4.69) is 48.7 Å².